The monoisotopic (exact) mass is 750 g/mol. The predicted octanol–water partition coefficient (Wildman–Crippen LogP) is 6.03. The number of ether oxygens (including phenoxy) is 6. The topological polar surface area (TPSA) is 150 Å². The highest BCUT2D eigenvalue weighted by molar-refractivity contribution is 5.84. The number of aliphatic hydroxyl groups is 3. The molecule has 17 unspecified atom stereocenters. The van der Waals surface area contributed by atoms with Gasteiger partial charge in [0.25, 0.3) is 0 Å². The third-order valence-corrected chi connectivity index (χ3v) is 14.2. The number of Topliss-reactive ketones (excluding diaryl/α,β-unsaturated/α-hetero) is 1. The standard InChI is InChI=1S/C42H70O11/c1-11-29(38(46)48-10)32-16-14-15-31(50-32)26(6)35(44)27(7)36(45)30(12-2)37-24(4)23-25(5)41(51-37)20-17-33(43)42(53-41)22-21-39(9,52-42)34-18-19-40(47,13-3)28(8)49-34/h17,20,24-35,37,43-44,47H,11-16,18-19,21-23H2,1-10H3. The van der Waals surface area contributed by atoms with E-state index in [1.165, 1.54) is 7.11 Å². The highest BCUT2D eigenvalue weighted by Gasteiger charge is 2.63. The van der Waals surface area contributed by atoms with Gasteiger partial charge in [-0.1, -0.05) is 48.5 Å². The number of carbonyl (C=O) groups is 2. The quantitative estimate of drug-likeness (QED) is 0.159. The van der Waals surface area contributed by atoms with Crippen molar-refractivity contribution in [3.05, 3.63) is 12.2 Å². The summed E-state index contributed by atoms with van der Waals surface area (Å²) >= 11 is 0. The summed E-state index contributed by atoms with van der Waals surface area (Å²) in [5, 5.41) is 34.1. The van der Waals surface area contributed by atoms with Gasteiger partial charge in [-0.25, -0.2) is 0 Å². The molecule has 0 amide bonds. The maximum atomic E-state index is 14.4. The Labute approximate surface area is 317 Å². The molecule has 11 nitrogen and oxygen atoms in total. The highest BCUT2D eigenvalue weighted by Crippen LogP contribution is 2.54. The van der Waals surface area contributed by atoms with Crippen LogP contribution in [-0.4, -0.2) is 99.7 Å². The molecule has 0 bridgehead atoms. The van der Waals surface area contributed by atoms with Crippen molar-refractivity contribution in [2.24, 2.45) is 35.5 Å². The minimum atomic E-state index is -1.36. The van der Waals surface area contributed by atoms with Crippen molar-refractivity contribution in [3.63, 3.8) is 0 Å². The Morgan fingerprint density at radius 1 is 0.943 bits per heavy atom. The van der Waals surface area contributed by atoms with Gasteiger partial charge in [-0.05, 0) is 96.1 Å². The van der Waals surface area contributed by atoms with Gasteiger partial charge in [0, 0.05) is 30.1 Å². The second-order valence-electron chi connectivity index (χ2n) is 17.6. The Morgan fingerprint density at radius 3 is 2.25 bits per heavy atom. The average Bonchev–Trinajstić information content (AvgIpc) is 3.49. The van der Waals surface area contributed by atoms with Crippen LogP contribution in [0.3, 0.4) is 0 Å². The number of esters is 1. The Kier molecular flexibility index (Phi) is 13.4. The van der Waals surface area contributed by atoms with Crippen LogP contribution in [0.1, 0.15) is 133 Å². The minimum Gasteiger partial charge on any atom is -0.469 e. The maximum Gasteiger partial charge on any atom is 0.311 e. The average molecular weight is 751 g/mol. The number of aliphatic hydroxyl groups excluding tert-OH is 2. The molecule has 4 saturated heterocycles. The van der Waals surface area contributed by atoms with Gasteiger partial charge in [0.05, 0.1) is 60.9 Å². The van der Waals surface area contributed by atoms with E-state index >= 15 is 0 Å². The normalized spacial score (nSPS) is 44.7. The fourth-order valence-corrected chi connectivity index (χ4v) is 10.3. The molecule has 5 heterocycles. The number of hydrogen-bond acceptors (Lipinski definition) is 11. The molecule has 53 heavy (non-hydrogen) atoms. The van der Waals surface area contributed by atoms with E-state index in [2.05, 4.69) is 13.8 Å². The molecule has 2 spiro atoms. The van der Waals surface area contributed by atoms with Gasteiger partial charge in [-0.3, -0.25) is 9.59 Å². The Hall–Kier alpha value is -1.44. The first-order valence-electron chi connectivity index (χ1n) is 20.7. The van der Waals surface area contributed by atoms with Gasteiger partial charge in [0.1, 0.15) is 11.9 Å². The number of hydrogen-bond donors (Lipinski definition) is 3. The summed E-state index contributed by atoms with van der Waals surface area (Å²) in [5.74, 6) is -4.86. The Balaban J connectivity index is 1.29. The van der Waals surface area contributed by atoms with E-state index in [-0.39, 0.29) is 59.8 Å². The van der Waals surface area contributed by atoms with Crippen LogP contribution in [-0.2, 0) is 38.0 Å². The summed E-state index contributed by atoms with van der Waals surface area (Å²) in [6.07, 6.45) is 6.97. The van der Waals surface area contributed by atoms with Gasteiger partial charge in [0.2, 0.25) is 5.79 Å². The van der Waals surface area contributed by atoms with E-state index in [9.17, 15) is 24.9 Å². The highest BCUT2D eigenvalue weighted by atomic mass is 16.8. The van der Waals surface area contributed by atoms with Gasteiger partial charge >= 0.3 is 5.97 Å². The van der Waals surface area contributed by atoms with Crippen molar-refractivity contribution < 1.29 is 53.3 Å². The summed E-state index contributed by atoms with van der Waals surface area (Å²) in [6, 6.07) is 0. The van der Waals surface area contributed by atoms with E-state index in [1.54, 1.807) is 19.1 Å². The molecular weight excluding hydrogens is 680 g/mol. The van der Waals surface area contributed by atoms with Crippen molar-refractivity contribution >= 4 is 11.8 Å². The Bertz CT molecular complexity index is 1310. The molecule has 17 atom stereocenters. The third kappa shape index (κ3) is 8.07. The number of rotatable bonds is 12. The van der Waals surface area contributed by atoms with Crippen LogP contribution >= 0.6 is 0 Å². The van der Waals surface area contributed by atoms with Crippen molar-refractivity contribution in [3.8, 4) is 0 Å². The molecule has 0 aromatic rings. The minimum absolute atomic E-state index is 0.0297. The second kappa shape index (κ2) is 16.6. The smallest absolute Gasteiger partial charge is 0.311 e. The molecule has 5 rings (SSSR count). The molecule has 5 aliphatic rings. The van der Waals surface area contributed by atoms with Crippen molar-refractivity contribution in [1.82, 2.24) is 0 Å². The largest absolute Gasteiger partial charge is 0.469 e. The van der Waals surface area contributed by atoms with Crippen molar-refractivity contribution in [1.29, 1.82) is 0 Å². The molecule has 0 aliphatic carbocycles. The fourth-order valence-electron chi connectivity index (χ4n) is 10.3. The molecule has 0 radical (unpaired) electrons. The summed E-state index contributed by atoms with van der Waals surface area (Å²) in [4.78, 5) is 26.8. The molecule has 304 valence electrons. The van der Waals surface area contributed by atoms with Gasteiger partial charge in [-0.15, -0.1) is 0 Å². The van der Waals surface area contributed by atoms with Crippen LogP contribution in [0.15, 0.2) is 12.2 Å². The van der Waals surface area contributed by atoms with Gasteiger partial charge < -0.3 is 43.7 Å². The SMILES string of the molecule is CCC(C(=O)OC)C1CCCC(C(C)C(O)C(C)C(=O)C(CC)C2OC3(C=CC(O)C4(CCC(C)(C5CCC(O)(CC)C(C)O5)O4)O3)C(C)CC2C)O1. The van der Waals surface area contributed by atoms with Crippen molar-refractivity contribution in [2.45, 2.75) is 198 Å². The zero-order valence-electron chi connectivity index (χ0n) is 34.0. The number of carbonyl (C=O) groups excluding carboxylic acids is 2. The van der Waals surface area contributed by atoms with E-state index in [0.717, 1.165) is 25.7 Å². The van der Waals surface area contributed by atoms with Crippen LogP contribution in [0.4, 0.5) is 0 Å². The molecule has 0 aromatic carbocycles. The molecule has 4 fully saturated rings. The number of methoxy groups -OCH3 is 1. The first-order chi connectivity index (χ1) is 24.9. The van der Waals surface area contributed by atoms with Crippen molar-refractivity contribution in [2.75, 3.05) is 7.11 Å². The molecular formula is C42H70O11. The van der Waals surface area contributed by atoms with Crippen LogP contribution in [0.25, 0.3) is 0 Å². The summed E-state index contributed by atoms with van der Waals surface area (Å²) in [7, 11) is 1.40. The summed E-state index contributed by atoms with van der Waals surface area (Å²) < 4.78 is 38.6. The summed E-state index contributed by atoms with van der Waals surface area (Å²) in [5.41, 5.74) is -1.62. The summed E-state index contributed by atoms with van der Waals surface area (Å²) in [6.45, 7) is 17.7. The third-order valence-electron chi connectivity index (χ3n) is 14.2. The number of ketones is 1. The zero-order valence-corrected chi connectivity index (χ0v) is 34.0. The molecule has 0 saturated carbocycles. The molecule has 0 aromatic heterocycles. The predicted molar refractivity (Wildman–Crippen MR) is 198 cm³/mol. The lowest BCUT2D eigenvalue weighted by molar-refractivity contribution is -0.409. The van der Waals surface area contributed by atoms with E-state index in [0.29, 0.717) is 44.9 Å². The van der Waals surface area contributed by atoms with Gasteiger partial charge in [-0.2, -0.15) is 0 Å². The van der Waals surface area contributed by atoms with E-state index < -0.39 is 52.9 Å². The molecule has 3 N–H and O–H groups in total. The Morgan fingerprint density at radius 2 is 1.62 bits per heavy atom. The van der Waals surface area contributed by atoms with Gasteiger partial charge in [0.15, 0.2) is 5.79 Å². The van der Waals surface area contributed by atoms with E-state index in [4.69, 9.17) is 28.4 Å². The lowest BCUT2D eigenvalue weighted by Crippen LogP contribution is -2.63. The lowest BCUT2D eigenvalue weighted by Gasteiger charge is -2.54. The molecule has 11 heteroatoms. The first kappa shape index (κ1) is 42.7. The maximum absolute atomic E-state index is 14.4. The fraction of sp³-hybridized carbons (Fsp3) is 0.905. The second-order valence-corrected chi connectivity index (χ2v) is 17.6. The van der Waals surface area contributed by atoms with Crippen LogP contribution in [0, 0.1) is 35.5 Å². The van der Waals surface area contributed by atoms with Crippen LogP contribution in [0.2, 0.25) is 0 Å². The van der Waals surface area contributed by atoms with Crippen LogP contribution < -0.4 is 0 Å². The zero-order chi connectivity index (χ0) is 39.1. The first-order valence-corrected chi connectivity index (χ1v) is 20.7. The molecule has 5 aliphatic heterocycles. The lowest BCUT2D eigenvalue weighted by atomic mass is 9.73. The van der Waals surface area contributed by atoms with E-state index in [1.807, 2.05) is 41.5 Å². The van der Waals surface area contributed by atoms with Crippen LogP contribution in [0.5, 0.6) is 0 Å².